The maximum atomic E-state index is 12.1. The number of rotatable bonds is 4. The molecule has 0 aromatic carbocycles. The van der Waals surface area contributed by atoms with Crippen LogP contribution in [0.1, 0.15) is 56.2 Å². The Kier molecular flexibility index (Phi) is 3.90. The van der Waals surface area contributed by atoms with E-state index in [1.54, 1.807) is 0 Å². The minimum absolute atomic E-state index is 0.109. The molecule has 0 saturated carbocycles. The van der Waals surface area contributed by atoms with Crippen LogP contribution in [-0.2, 0) is 6.42 Å². The summed E-state index contributed by atoms with van der Waals surface area (Å²) in [5.41, 5.74) is 2.32. The zero-order valence-electron chi connectivity index (χ0n) is 11.8. The molecule has 0 N–H and O–H groups in total. The van der Waals surface area contributed by atoms with Crippen LogP contribution >= 0.6 is 11.8 Å². The number of nitrogens with zero attached hydrogens (tertiary/aromatic N) is 1. The summed E-state index contributed by atoms with van der Waals surface area (Å²) in [5.74, 6) is 2.58. The standard InChI is InChI=1S/C15H23NOS/c1-5-18-10-11(2)16-7-6-12-13(16)8-15(3,4)9-14(12)17/h6-7,11H,5,8-10H2,1-4H3. The van der Waals surface area contributed by atoms with Crippen molar-refractivity contribution in [2.24, 2.45) is 5.41 Å². The highest BCUT2D eigenvalue weighted by Crippen LogP contribution is 2.36. The molecule has 0 saturated heterocycles. The zero-order chi connectivity index (χ0) is 13.3. The van der Waals surface area contributed by atoms with Gasteiger partial charge in [-0.15, -0.1) is 0 Å². The molecular weight excluding hydrogens is 242 g/mol. The molecule has 1 unspecified atom stereocenters. The number of thioether (sulfide) groups is 1. The molecule has 0 fully saturated rings. The predicted molar refractivity (Wildman–Crippen MR) is 78.6 cm³/mol. The fourth-order valence-electron chi connectivity index (χ4n) is 2.75. The summed E-state index contributed by atoms with van der Waals surface area (Å²) in [5, 5.41) is 0. The van der Waals surface area contributed by atoms with Gasteiger partial charge in [0.05, 0.1) is 0 Å². The van der Waals surface area contributed by atoms with Crippen molar-refractivity contribution in [1.82, 2.24) is 4.57 Å². The van der Waals surface area contributed by atoms with Crippen LogP contribution in [-0.4, -0.2) is 21.9 Å². The van der Waals surface area contributed by atoms with E-state index in [2.05, 4.69) is 38.5 Å². The Labute approximate surface area is 114 Å². The first kappa shape index (κ1) is 13.7. The summed E-state index contributed by atoms with van der Waals surface area (Å²) in [7, 11) is 0. The second-order valence-corrected chi connectivity index (χ2v) is 7.35. The summed E-state index contributed by atoms with van der Waals surface area (Å²) < 4.78 is 2.32. The van der Waals surface area contributed by atoms with Crippen molar-refractivity contribution < 1.29 is 4.79 Å². The number of hydrogen-bond acceptors (Lipinski definition) is 2. The molecule has 1 aliphatic carbocycles. The molecule has 1 aromatic heterocycles. The maximum Gasteiger partial charge on any atom is 0.165 e. The number of carbonyl (C=O) groups excluding carboxylic acids is 1. The van der Waals surface area contributed by atoms with E-state index in [1.165, 1.54) is 5.69 Å². The van der Waals surface area contributed by atoms with Crippen LogP contribution in [0.25, 0.3) is 0 Å². The van der Waals surface area contributed by atoms with Gasteiger partial charge in [-0.2, -0.15) is 11.8 Å². The largest absolute Gasteiger partial charge is 0.347 e. The maximum absolute atomic E-state index is 12.1. The van der Waals surface area contributed by atoms with E-state index in [-0.39, 0.29) is 5.41 Å². The van der Waals surface area contributed by atoms with Crippen molar-refractivity contribution in [2.75, 3.05) is 11.5 Å². The molecule has 3 heteroatoms. The quantitative estimate of drug-likeness (QED) is 0.822. The molecule has 1 aromatic rings. The molecule has 1 atom stereocenters. The van der Waals surface area contributed by atoms with Crippen LogP contribution in [0.3, 0.4) is 0 Å². The minimum Gasteiger partial charge on any atom is -0.347 e. The first-order valence-electron chi connectivity index (χ1n) is 6.75. The van der Waals surface area contributed by atoms with E-state index in [4.69, 9.17) is 0 Å². The van der Waals surface area contributed by atoms with Crippen LogP contribution in [0, 0.1) is 5.41 Å². The Morgan fingerprint density at radius 3 is 2.83 bits per heavy atom. The molecule has 2 rings (SSSR count). The topological polar surface area (TPSA) is 22.0 Å². The average Bonchev–Trinajstić information content (AvgIpc) is 2.68. The third kappa shape index (κ3) is 2.66. The van der Waals surface area contributed by atoms with Gasteiger partial charge in [0.15, 0.2) is 5.78 Å². The van der Waals surface area contributed by atoms with Gasteiger partial charge in [0, 0.05) is 35.7 Å². The molecule has 18 heavy (non-hydrogen) atoms. The summed E-state index contributed by atoms with van der Waals surface area (Å²) >= 11 is 1.96. The van der Waals surface area contributed by atoms with Crippen LogP contribution in [0.15, 0.2) is 12.3 Å². The van der Waals surface area contributed by atoms with Gasteiger partial charge < -0.3 is 4.57 Å². The van der Waals surface area contributed by atoms with Crippen molar-refractivity contribution in [3.05, 3.63) is 23.5 Å². The van der Waals surface area contributed by atoms with Gasteiger partial charge >= 0.3 is 0 Å². The second-order valence-electron chi connectivity index (χ2n) is 6.03. The minimum atomic E-state index is 0.109. The summed E-state index contributed by atoms with van der Waals surface area (Å²) in [6.07, 6.45) is 3.80. The van der Waals surface area contributed by atoms with Crippen LogP contribution in [0.2, 0.25) is 0 Å². The van der Waals surface area contributed by atoms with Gasteiger partial charge in [0.2, 0.25) is 0 Å². The Balaban J connectivity index is 2.28. The van der Waals surface area contributed by atoms with Crippen LogP contribution in [0.5, 0.6) is 0 Å². The van der Waals surface area contributed by atoms with Gasteiger partial charge in [-0.3, -0.25) is 4.79 Å². The lowest BCUT2D eigenvalue weighted by molar-refractivity contribution is 0.0909. The fraction of sp³-hybridized carbons (Fsp3) is 0.667. The molecule has 100 valence electrons. The molecule has 0 bridgehead atoms. The van der Waals surface area contributed by atoms with Crippen molar-refractivity contribution >= 4 is 17.5 Å². The van der Waals surface area contributed by atoms with E-state index in [0.29, 0.717) is 18.2 Å². The highest BCUT2D eigenvalue weighted by molar-refractivity contribution is 7.99. The van der Waals surface area contributed by atoms with Gasteiger partial charge in [0.1, 0.15) is 0 Å². The molecule has 0 amide bonds. The zero-order valence-corrected chi connectivity index (χ0v) is 12.6. The lowest BCUT2D eigenvalue weighted by Gasteiger charge is -2.31. The summed E-state index contributed by atoms with van der Waals surface area (Å²) in [4.78, 5) is 12.1. The van der Waals surface area contributed by atoms with E-state index in [9.17, 15) is 4.79 Å². The Morgan fingerprint density at radius 1 is 1.44 bits per heavy atom. The molecule has 0 aliphatic heterocycles. The first-order valence-corrected chi connectivity index (χ1v) is 7.91. The number of hydrogen-bond donors (Lipinski definition) is 0. The number of ketones is 1. The molecule has 0 radical (unpaired) electrons. The Bertz CT molecular complexity index is 447. The van der Waals surface area contributed by atoms with Gasteiger partial charge in [-0.25, -0.2) is 0 Å². The number of carbonyl (C=O) groups is 1. The lowest BCUT2D eigenvalue weighted by atomic mass is 9.76. The SMILES string of the molecule is CCSCC(C)n1ccc2c1CC(C)(C)CC2=O. The van der Waals surface area contributed by atoms with E-state index in [0.717, 1.165) is 23.5 Å². The number of fused-ring (bicyclic) bond motifs is 1. The predicted octanol–water partition coefficient (Wildman–Crippen LogP) is 3.96. The van der Waals surface area contributed by atoms with Crippen molar-refractivity contribution in [2.45, 2.75) is 46.6 Å². The fourth-order valence-corrected chi connectivity index (χ4v) is 3.49. The molecule has 1 heterocycles. The highest BCUT2D eigenvalue weighted by Gasteiger charge is 2.33. The number of aromatic nitrogens is 1. The number of Topliss-reactive ketones (excluding diaryl/α,β-unsaturated/α-hetero) is 1. The monoisotopic (exact) mass is 265 g/mol. The average molecular weight is 265 g/mol. The Hall–Kier alpha value is -0.700. The van der Waals surface area contributed by atoms with Crippen molar-refractivity contribution in [1.29, 1.82) is 0 Å². The molecular formula is C15H23NOS. The third-order valence-electron chi connectivity index (χ3n) is 3.65. The van der Waals surface area contributed by atoms with Crippen LogP contribution in [0.4, 0.5) is 0 Å². The third-order valence-corrected chi connectivity index (χ3v) is 4.77. The second kappa shape index (κ2) is 5.12. The molecule has 0 spiro atoms. The smallest absolute Gasteiger partial charge is 0.165 e. The van der Waals surface area contributed by atoms with Gasteiger partial charge in [-0.05, 0) is 30.6 Å². The highest BCUT2D eigenvalue weighted by atomic mass is 32.2. The molecule has 1 aliphatic rings. The van der Waals surface area contributed by atoms with E-state index < -0.39 is 0 Å². The normalized spacial score (nSPS) is 19.7. The Morgan fingerprint density at radius 2 is 2.17 bits per heavy atom. The van der Waals surface area contributed by atoms with Gasteiger partial charge in [0.25, 0.3) is 0 Å². The van der Waals surface area contributed by atoms with E-state index in [1.807, 2.05) is 17.8 Å². The lowest BCUT2D eigenvalue weighted by Crippen LogP contribution is -2.28. The van der Waals surface area contributed by atoms with Gasteiger partial charge in [-0.1, -0.05) is 20.8 Å². The summed E-state index contributed by atoms with van der Waals surface area (Å²) in [6, 6.07) is 2.49. The van der Waals surface area contributed by atoms with Crippen molar-refractivity contribution in [3.8, 4) is 0 Å². The van der Waals surface area contributed by atoms with Crippen molar-refractivity contribution in [3.63, 3.8) is 0 Å². The summed E-state index contributed by atoms with van der Waals surface area (Å²) in [6.45, 7) is 8.82. The van der Waals surface area contributed by atoms with Crippen LogP contribution < -0.4 is 0 Å². The molecule has 2 nitrogen and oxygen atoms in total. The van der Waals surface area contributed by atoms with E-state index >= 15 is 0 Å². The first-order chi connectivity index (χ1) is 8.44.